The molecule has 1 fully saturated rings. The predicted octanol–water partition coefficient (Wildman–Crippen LogP) is 0.742. The van der Waals surface area contributed by atoms with E-state index in [-0.39, 0.29) is 18.5 Å². The number of hydrogen-bond donors (Lipinski definition) is 3. The quantitative estimate of drug-likeness (QED) is 0.770. The fourth-order valence-corrected chi connectivity index (χ4v) is 2.66. The van der Waals surface area contributed by atoms with E-state index in [1.165, 1.54) is 7.05 Å². The Morgan fingerprint density at radius 2 is 2.19 bits per heavy atom. The molecule has 0 saturated carbocycles. The van der Waals surface area contributed by atoms with E-state index in [4.69, 9.17) is 11.6 Å². The Morgan fingerprint density at radius 1 is 1.43 bits per heavy atom. The summed E-state index contributed by atoms with van der Waals surface area (Å²) >= 11 is 6.25. The molecule has 0 aliphatic carbocycles. The molecule has 0 bridgehead atoms. The zero-order valence-corrected chi connectivity index (χ0v) is 12.6. The number of hydrogen-bond acceptors (Lipinski definition) is 4. The van der Waals surface area contributed by atoms with Gasteiger partial charge in [-0.2, -0.15) is 0 Å². The van der Waals surface area contributed by atoms with Crippen LogP contribution >= 0.6 is 11.6 Å². The number of halogens is 1. The van der Waals surface area contributed by atoms with Crippen molar-refractivity contribution in [2.45, 2.75) is 6.04 Å². The first-order valence-corrected chi connectivity index (χ1v) is 7.20. The van der Waals surface area contributed by atoms with Crippen LogP contribution in [0.4, 0.5) is 4.79 Å². The second-order valence-corrected chi connectivity index (χ2v) is 5.25. The number of amides is 3. The van der Waals surface area contributed by atoms with Gasteiger partial charge >= 0.3 is 6.03 Å². The van der Waals surface area contributed by atoms with Crippen LogP contribution in [0, 0.1) is 0 Å². The number of carbonyl (C=O) groups excluding carboxylic acids is 2. The van der Waals surface area contributed by atoms with Crippen LogP contribution in [0.25, 0.3) is 0 Å². The molecule has 0 aromatic heterocycles. The van der Waals surface area contributed by atoms with Gasteiger partial charge < -0.3 is 10.6 Å². The molecule has 1 aromatic rings. The number of nitrogens with one attached hydrogen (secondary N) is 3. The minimum atomic E-state index is -0.496. The van der Waals surface area contributed by atoms with Crippen LogP contribution in [0.5, 0.6) is 0 Å². The van der Waals surface area contributed by atoms with Crippen molar-refractivity contribution in [3.8, 4) is 0 Å². The predicted molar refractivity (Wildman–Crippen MR) is 81.2 cm³/mol. The Labute approximate surface area is 128 Å². The molecule has 6 nitrogen and oxygen atoms in total. The first kappa shape index (κ1) is 15.8. The van der Waals surface area contributed by atoms with E-state index < -0.39 is 6.03 Å². The van der Waals surface area contributed by atoms with Gasteiger partial charge in [-0.25, -0.2) is 4.79 Å². The Hall–Kier alpha value is -1.63. The SMILES string of the molecule is CNC(=O)NC(=O)CN1CCNCC1c1ccccc1Cl. The fraction of sp³-hybridized carbons (Fsp3) is 0.429. The molecule has 21 heavy (non-hydrogen) atoms. The molecule has 1 saturated heterocycles. The molecule has 3 amide bonds. The molecule has 1 aliphatic heterocycles. The summed E-state index contributed by atoms with van der Waals surface area (Å²) in [6.07, 6.45) is 0. The second kappa shape index (κ2) is 7.40. The summed E-state index contributed by atoms with van der Waals surface area (Å²) in [7, 11) is 1.47. The monoisotopic (exact) mass is 310 g/mol. The zero-order valence-electron chi connectivity index (χ0n) is 11.9. The van der Waals surface area contributed by atoms with Gasteiger partial charge in [0.1, 0.15) is 0 Å². The maximum absolute atomic E-state index is 11.9. The van der Waals surface area contributed by atoms with Gasteiger partial charge in [0.15, 0.2) is 0 Å². The van der Waals surface area contributed by atoms with Crippen LogP contribution in [0.3, 0.4) is 0 Å². The van der Waals surface area contributed by atoms with Gasteiger partial charge in [0, 0.05) is 37.7 Å². The number of urea groups is 1. The molecule has 1 atom stereocenters. The first-order valence-electron chi connectivity index (χ1n) is 6.82. The third-order valence-electron chi connectivity index (χ3n) is 3.45. The maximum atomic E-state index is 11.9. The minimum Gasteiger partial charge on any atom is -0.341 e. The van der Waals surface area contributed by atoms with Gasteiger partial charge in [-0.1, -0.05) is 29.8 Å². The molecular formula is C14H19ClN4O2. The zero-order chi connectivity index (χ0) is 15.2. The molecule has 3 N–H and O–H groups in total. The molecule has 0 spiro atoms. The molecule has 7 heteroatoms. The van der Waals surface area contributed by atoms with Crippen molar-refractivity contribution < 1.29 is 9.59 Å². The van der Waals surface area contributed by atoms with Crippen molar-refractivity contribution in [1.82, 2.24) is 20.9 Å². The Bertz CT molecular complexity index is 523. The lowest BCUT2D eigenvalue weighted by Gasteiger charge is -2.36. The van der Waals surface area contributed by atoms with Crippen molar-refractivity contribution in [3.05, 3.63) is 34.9 Å². The summed E-state index contributed by atoms with van der Waals surface area (Å²) in [5.74, 6) is -0.326. The topological polar surface area (TPSA) is 73.5 Å². The van der Waals surface area contributed by atoms with Gasteiger partial charge in [0.2, 0.25) is 5.91 Å². The number of rotatable bonds is 3. The second-order valence-electron chi connectivity index (χ2n) is 4.84. The smallest absolute Gasteiger partial charge is 0.321 e. The maximum Gasteiger partial charge on any atom is 0.321 e. The summed E-state index contributed by atoms with van der Waals surface area (Å²) in [6, 6.07) is 7.13. The highest BCUT2D eigenvalue weighted by Gasteiger charge is 2.27. The average molecular weight is 311 g/mol. The largest absolute Gasteiger partial charge is 0.341 e. The summed E-state index contributed by atoms with van der Waals surface area (Å²) in [5.41, 5.74) is 0.985. The average Bonchev–Trinajstić information content (AvgIpc) is 2.48. The number of nitrogens with zero attached hydrogens (tertiary/aromatic N) is 1. The van der Waals surface area contributed by atoms with Gasteiger partial charge in [-0.3, -0.25) is 15.0 Å². The van der Waals surface area contributed by atoms with E-state index in [1.807, 2.05) is 29.2 Å². The molecule has 0 radical (unpaired) electrons. The van der Waals surface area contributed by atoms with Crippen molar-refractivity contribution in [2.24, 2.45) is 0 Å². The Morgan fingerprint density at radius 3 is 2.90 bits per heavy atom. The van der Waals surface area contributed by atoms with E-state index in [9.17, 15) is 9.59 Å². The molecule has 1 aliphatic rings. The van der Waals surface area contributed by atoms with Crippen molar-refractivity contribution >= 4 is 23.5 Å². The van der Waals surface area contributed by atoms with Crippen LogP contribution in [0.15, 0.2) is 24.3 Å². The minimum absolute atomic E-state index is 0.0166. The Balaban J connectivity index is 2.07. The number of benzene rings is 1. The van der Waals surface area contributed by atoms with E-state index in [0.717, 1.165) is 25.2 Å². The van der Waals surface area contributed by atoms with Crippen molar-refractivity contribution in [3.63, 3.8) is 0 Å². The van der Waals surface area contributed by atoms with Crippen LogP contribution in [-0.2, 0) is 4.79 Å². The lowest BCUT2D eigenvalue weighted by molar-refractivity contribution is -0.122. The van der Waals surface area contributed by atoms with E-state index in [1.54, 1.807) is 0 Å². The van der Waals surface area contributed by atoms with Crippen LogP contribution < -0.4 is 16.0 Å². The summed E-state index contributed by atoms with van der Waals surface area (Å²) in [6.45, 7) is 2.40. The fourth-order valence-electron chi connectivity index (χ4n) is 2.40. The van der Waals surface area contributed by atoms with Gasteiger partial charge in [0.25, 0.3) is 0 Å². The number of carbonyl (C=O) groups is 2. The van der Waals surface area contributed by atoms with Crippen LogP contribution in [0.1, 0.15) is 11.6 Å². The summed E-state index contributed by atoms with van der Waals surface area (Å²) in [5, 5.41) is 8.63. The van der Waals surface area contributed by atoms with Gasteiger partial charge in [0.05, 0.1) is 6.54 Å². The standard InChI is InChI=1S/C14H19ClN4O2/c1-16-14(21)18-13(20)9-19-7-6-17-8-12(19)10-4-2-3-5-11(10)15/h2-5,12,17H,6-9H2,1H3,(H2,16,18,20,21). The molecule has 1 unspecified atom stereocenters. The molecule has 114 valence electrons. The third-order valence-corrected chi connectivity index (χ3v) is 3.79. The molecule has 1 aromatic carbocycles. The Kier molecular flexibility index (Phi) is 5.55. The van der Waals surface area contributed by atoms with Crippen molar-refractivity contribution in [2.75, 3.05) is 33.2 Å². The molecular weight excluding hydrogens is 292 g/mol. The first-order chi connectivity index (χ1) is 10.1. The van der Waals surface area contributed by atoms with Crippen LogP contribution in [-0.4, -0.2) is 50.1 Å². The molecule has 2 rings (SSSR count). The van der Waals surface area contributed by atoms with E-state index >= 15 is 0 Å². The summed E-state index contributed by atoms with van der Waals surface area (Å²) in [4.78, 5) is 25.1. The van der Waals surface area contributed by atoms with Gasteiger partial charge in [-0.05, 0) is 11.6 Å². The third kappa shape index (κ3) is 4.17. The molecule has 1 heterocycles. The van der Waals surface area contributed by atoms with E-state index in [2.05, 4.69) is 16.0 Å². The highest BCUT2D eigenvalue weighted by Crippen LogP contribution is 2.28. The van der Waals surface area contributed by atoms with Crippen LogP contribution in [0.2, 0.25) is 5.02 Å². The van der Waals surface area contributed by atoms with Gasteiger partial charge in [-0.15, -0.1) is 0 Å². The summed E-state index contributed by atoms with van der Waals surface area (Å²) < 4.78 is 0. The normalized spacial score (nSPS) is 19.0. The van der Waals surface area contributed by atoms with Crippen molar-refractivity contribution in [1.29, 1.82) is 0 Å². The number of imide groups is 1. The lowest BCUT2D eigenvalue weighted by atomic mass is 10.0. The highest BCUT2D eigenvalue weighted by molar-refractivity contribution is 6.31. The lowest BCUT2D eigenvalue weighted by Crippen LogP contribution is -2.51. The van der Waals surface area contributed by atoms with E-state index in [0.29, 0.717) is 5.02 Å². The highest BCUT2D eigenvalue weighted by atomic mass is 35.5. The number of piperazine rings is 1.